The number of benzene rings is 1. The second-order valence-electron chi connectivity index (χ2n) is 3.90. The monoisotopic (exact) mass is 239 g/mol. The van der Waals surface area contributed by atoms with Crippen LogP contribution in [0.2, 0.25) is 0 Å². The van der Waals surface area contributed by atoms with Crippen molar-refractivity contribution >= 4 is 11.6 Å². The molecule has 2 atom stereocenters. The van der Waals surface area contributed by atoms with Gasteiger partial charge in [-0.25, -0.2) is 4.39 Å². The van der Waals surface area contributed by atoms with Crippen LogP contribution in [0, 0.1) is 15.9 Å². The van der Waals surface area contributed by atoms with E-state index in [0.717, 1.165) is 18.2 Å². The van der Waals surface area contributed by atoms with Gasteiger partial charge in [-0.3, -0.25) is 14.9 Å². The lowest BCUT2D eigenvalue weighted by atomic mass is 10.1. The third-order valence-corrected chi connectivity index (χ3v) is 2.56. The Kier molecular flexibility index (Phi) is 2.76. The molecule has 1 aromatic carbocycles. The van der Waals surface area contributed by atoms with Crippen LogP contribution in [0.5, 0.6) is 0 Å². The fraction of sp³-hybridized carbons (Fsp3) is 0.300. The Balaban J connectivity index is 2.26. The number of nitro groups is 1. The molecule has 90 valence electrons. The predicted molar refractivity (Wildman–Crippen MR) is 56.9 cm³/mol. The van der Waals surface area contributed by atoms with Crippen LogP contribution in [0.25, 0.3) is 0 Å². The average Bonchev–Trinajstić information content (AvgIpc) is 2.93. The van der Waals surface area contributed by atoms with Crippen molar-refractivity contribution in [3.8, 4) is 0 Å². The van der Waals surface area contributed by atoms with E-state index in [-0.39, 0.29) is 17.6 Å². The second-order valence-corrected chi connectivity index (χ2v) is 3.90. The fourth-order valence-corrected chi connectivity index (χ4v) is 1.48. The van der Waals surface area contributed by atoms with Gasteiger partial charge in [0, 0.05) is 18.2 Å². The molecule has 0 aromatic heterocycles. The van der Waals surface area contributed by atoms with Crippen LogP contribution in [0.4, 0.5) is 10.1 Å². The average molecular weight is 239 g/mol. The van der Waals surface area contributed by atoms with E-state index in [1.807, 2.05) is 0 Å². The van der Waals surface area contributed by atoms with Gasteiger partial charge in [0.15, 0.2) is 0 Å². The van der Waals surface area contributed by atoms with Crippen LogP contribution < -0.4 is 11.1 Å². The van der Waals surface area contributed by atoms with Gasteiger partial charge in [0.1, 0.15) is 11.4 Å². The molecule has 0 radical (unpaired) electrons. The lowest BCUT2D eigenvalue weighted by Crippen LogP contribution is -2.30. The molecule has 1 aliphatic rings. The highest BCUT2D eigenvalue weighted by Crippen LogP contribution is 2.22. The molecule has 17 heavy (non-hydrogen) atoms. The van der Waals surface area contributed by atoms with E-state index >= 15 is 0 Å². The Hall–Kier alpha value is -2.02. The maximum atomic E-state index is 13.0. The zero-order valence-electron chi connectivity index (χ0n) is 8.72. The molecule has 7 heteroatoms. The van der Waals surface area contributed by atoms with Crippen molar-refractivity contribution in [1.29, 1.82) is 0 Å². The highest BCUT2D eigenvalue weighted by atomic mass is 19.1. The van der Waals surface area contributed by atoms with E-state index in [1.165, 1.54) is 0 Å². The standard InChI is InChI=1S/C10H10FN3O3/c11-5-1-2-9(14(16)17)6(3-5)10(15)13-8-4-7(8)12/h1-3,7-8H,4,12H2,(H,13,15). The molecule has 3 N–H and O–H groups in total. The van der Waals surface area contributed by atoms with Crippen LogP contribution in [0.3, 0.4) is 0 Å². The molecule has 0 aliphatic heterocycles. The number of nitrogens with two attached hydrogens (primary N) is 1. The third kappa shape index (κ3) is 2.39. The van der Waals surface area contributed by atoms with E-state index in [0.29, 0.717) is 6.42 Å². The van der Waals surface area contributed by atoms with E-state index < -0.39 is 22.3 Å². The van der Waals surface area contributed by atoms with E-state index in [9.17, 15) is 19.3 Å². The lowest BCUT2D eigenvalue weighted by Gasteiger charge is -2.04. The molecule has 0 bridgehead atoms. The first-order valence-corrected chi connectivity index (χ1v) is 4.99. The summed E-state index contributed by atoms with van der Waals surface area (Å²) in [5.41, 5.74) is 4.80. The van der Waals surface area contributed by atoms with Gasteiger partial charge >= 0.3 is 0 Å². The first-order valence-electron chi connectivity index (χ1n) is 4.99. The maximum Gasteiger partial charge on any atom is 0.282 e. The summed E-state index contributed by atoms with van der Waals surface area (Å²) in [4.78, 5) is 21.6. The highest BCUT2D eigenvalue weighted by Gasteiger charge is 2.36. The number of amides is 1. The van der Waals surface area contributed by atoms with Crippen molar-refractivity contribution in [3.05, 3.63) is 39.7 Å². The second kappa shape index (κ2) is 4.10. The number of hydrogen-bond donors (Lipinski definition) is 2. The molecule has 0 spiro atoms. The van der Waals surface area contributed by atoms with Gasteiger partial charge < -0.3 is 11.1 Å². The SMILES string of the molecule is NC1CC1NC(=O)c1cc(F)ccc1[N+](=O)[O-]. The highest BCUT2D eigenvalue weighted by molar-refractivity contribution is 5.98. The van der Waals surface area contributed by atoms with Gasteiger partial charge in [0.05, 0.1) is 4.92 Å². The van der Waals surface area contributed by atoms with Gasteiger partial charge in [-0.05, 0) is 18.6 Å². The molecule has 0 saturated heterocycles. The normalized spacial score (nSPS) is 22.0. The topological polar surface area (TPSA) is 98.3 Å². The number of halogens is 1. The summed E-state index contributed by atoms with van der Waals surface area (Å²) in [5, 5.41) is 13.2. The molecule has 1 aromatic rings. The number of hydrogen-bond acceptors (Lipinski definition) is 4. The molecule has 1 fully saturated rings. The number of carbonyl (C=O) groups excluding carboxylic acids is 1. The fourth-order valence-electron chi connectivity index (χ4n) is 1.48. The Labute approximate surface area is 95.8 Å². The van der Waals surface area contributed by atoms with Gasteiger partial charge in [0.25, 0.3) is 11.6 Å². The van der Waals surface area contributed by atoms with Crippen molar-refractivity contribution in [2.24, 2.45) is 5.73 Å². The lowest BCUT2D eigenvalue weighted by molar-refractivity contribution is -0.385. The zero-order chi connectivity index (χ0) is 12.6. The summed E-state index contributed by atoms with van der Waals surface area (Å²) in [6.45, 7) is 0. The third-order valence-electron chi connectivity index (χ3n) is 2.56. The summed E-state index contributed by atoms with van der Waals surface area (Å²) < 4.78 is 13.0. The molecular weight excluding hydrogens is 229 g/mol. The van der Waals surface area contributed by atoms with E-state index in [4.69, 9.17) is 5.73 Å². The van der Waals surface area contributed by atoms with Crippen LogP contribution >= 0.6 is 0 Å². The minimum absolute atomic E-state index is 0.119. The molecule has 0 heterocycles. The number of nitrogens with one attached hydrogen (secondary N) is 1. The molecule has 1 saturated carbocycles. The summed E-state index contributed by atoms with van der Waals surface area (Å²) in [6, 6.07) is 2.47. The summed E-state index contributed by atoms with van der Waals surface area (Å²) in [6.07, 6.45) is 0.634. The van der Waals surface area contributed by atoms with E-state index in [2.05, 4.69) is 5.32 Å². The van der Waals surface area contributed by atoms with Gasteiger partial charge in [0.2, 0.25) is 0 Å². The Morgan fingerprint density at radius 3 is 2.76 bits per heavy atom. The number of rotatable bonds is 3. The molecule has 1 aliphatic carbocycles. The molecule has 2 rings (SSSR count). The minimum atomic E-state index is -0.721. The maximum absolute atomic E-state index is 13.0. The zero-order valence-corrected chi connectivity index (χ0v) is 8.72. The molecular formula is C10H10FN3O3. The van der Waals surface area contributed by atoms with E-state index in [1.54, 1.807) is 0 Å². The molecule has 6 nitrogen and oxygen atoms in total. The summed E-state index contributed by atoms with van der Waals surface area (Å²) in [7, 11) is 0. The predicted octanol–water partition coefficient (Wildman–Crippen LogP) is 0.563. The van der Waals surface area contributed by atoms with Gasteiger partial charge in [-0.1, -0.05) is 0 Å². The summed E-state index contributed by atoms with van der Waals surface area (Å²) in [5.74, 6) is -1.37. The Bertz CT molecular complexity index is 492. The van der Waals surface area contributed by atoms with Crippen molar-refractivity contribution in [2.75, 3.05) is 0 Å². The largest absolute Gasteiger partial charge is 0.347 e. The Morgan fingerprint density at radius 1 is 1.59 bits per heavy atom. The van der Waals surface area contributed by atoms with Crippen molar-refractivity contribution in [2.45, 2.75) is 18.5 Å². The van der Waals surface area contributed by atoms with Gasteiger partial charge in [-0.2, -0.15) is 0 Å². The molecule has 1 amide bonds. The first-order chi connectivity index (χ1) is 7.99. The van der Waals surface area contributed by atoms with Crippen molar-refractivity contribution in [3.63, 3.8) is 0 Å². The first kappa shape index (κ1) is 11.5. The van der Waals surface area contributed by atoms with Crippen LogP contribution in [0.1, 0.15) is 16.8 Å². The summed E-state index contributed by atoms with van der Waals surface area (Å²) >= 11 is 0. The molecule has 2 unspecified atom stereocenters. The number of nitro benzene ring substituents is 1. The quantitative estimate of drug-likeness (QED) is 0.594. The number of carbonyl (C=O) groups is 1. The van der Waals surface area contributed by atoms with Gasteiger partial charge in [-0.15, -0.1) is 0 Å². The number of nitrogens with zero attached hydrogens (tertiary/aromatic N) is 1. The van der Waals surface area contributed by atoms with Crippen LogP contribution in [-0.2, 0) is 0 Å². The van der Waals surface area contributed by atoms with Crippen molar-refractivity contribution in [1.82, 2.24) is 5.32 Å². The van der Waals surface area contributed by atoms with Crippen LogP contribution in [-0.4, -0.2) is 22.9 Å². The minimum Gasteiger partial charge on any atom is -0.347 e. The van der Waals surface area contributed by atoms with Crippen LogP contribution in [0.15, 0.2) is 18.2 Å². The smallest absolute Gasteiger partial charge is 0.282 e. The van der Waals surface area contributed by atoms with Crippen molar-refractivity contribution < 1.29 is 14.1 Å². The Morgan fingerprint density at radius 2 is 2.24 bits per heavy atom.